The fraction of sp³-hybridized carbons (Fsp3) is 0.115. The Morgan fingerprint density at radius 2 is 1.47 bits per heavy atom. The third-order valence-corrected chi connectivity index (χ3v) is 5.27. The SMILES string of the molecule is CC(=O)Nc1ccc(N2C(=O)C(Nc3ccccc3C)=C(c3ccc(C)cc3)C2=O)cc1. The minimum atomic E-state index is -0.430. The second kappa shape index (κ2) is 8.51. The predicted octanol–water partition coefficient (Wildman–Crippen LogP) is 4.66. The normalized spacial score (nSPS) is 13.5. The van der Waals surface area contributed by atoms with Crippen molar-refractivity contribution in [2.45, 2.75) is 20.8 Å². The van der Waals surface area contributed by atoms with Gasteiger partial charge in [0, 0.05) is 18.3 Å². The monoisotopic (exact) mass is 425 g/mol. The second-order valence-corrected chi connectivity index (χ2v) is 7.73. The molecule has 0 aliphatic carbocycles. The molecule has 3 aromatic carbocycles. The average molecular weight is 425 g/mol. The van der Waals surface area contributed by atoms with Gasteiger partial charge in [0.15, 0.2) is 0 Å². The molecule has 3 aromatic rings. The maximum atomic E-state index is 13.5. The van der Waals surface area contributed by atoms with E-state index in [1.54, 1.807) is 24.3 Å². The maximum absolute atomic E-state index is 13.5. The Balaban J connectivity index is 1.76. The second-order valence-electron chi connectivity index (χ2n) is 7.73. The molecule has 1 aliphatic rings. The number of nitrogens with zero attached hydrogens (tertiary/aromatic N) is 1. The molecule has 32 heavy (non-hydrogen) atoms. The number of amides is 3. The fourth-order valence-corrected chi connectivity index (χ4v) is 3.61. The highest BCUT2D eigenvalue weighted by Gasteiger charge is 2.40. The van der Waals surface area contributed by atoms with Crippen LogP contribution in [0.15, 0.2) is 78.5 Å². The number of para-hydroxylation sites is 1. The van der Waals surface area contributed by atoms with Crippen LogP contribution in [-0.2, 0) is 14.4 Å². The number of carbonyl (C=O) groups is 3. The van der Waals surface area contributed by atoms with E-state index in [1.165, 1.54) is 6.92 Å². The zero-order valence-electron chi connectivity index (χ0n) is 18.1. The Kier molecular flexibility index (Phi) is 5.60. The highest BCUT2D eigenvalue weighted by Crippen LogP contribution is 2.34. The molecule has 2 N–H and O–H groups in total. The largest absolute Gasteiger partial charge is 0.350 e. The summed E-state index contributed by atoms with van der Waals surface area (Å²) >= 11 is 0. The first-order chi connectivity index (χ1) is 15.3. The topological polar surface area (TPSA) is 78.5 Å². The number of nitrogens with one attached hydrogen (secondary N) is 2. The van der Waals surface area contributed by atoms with Crippen LogP contribution in [0.25, 0.3) is 5.57 Å². The summed E-state index contributed by atoms with van der Waals surface area (Å²) < 4.78 is 0. The summed E-state index contributed by atoms with van der Waals surface area (Å²) in [5.74, 6) is -1.03. The Hall–Kier alpha value is -4.19. The number of rotatable bonds is 5. The van der Waals surface area contributed by atoms with Crippen molar-refractivity contribution in [3.8, 4) is 0 Å². The van der Waals surface area contributed by atoms with Crippen LogP contribution in [0, 0.1) is 13.8 Å². The summed E-state index contributed by atoms with van der Waals surface area (Å²) in [6.07, 6.45) is 0. The number of anilines is 3. The van der Waals surface area contributed by atoms with Crippen LogP contribution < -0.4 is 15.5 Å². The van der Waals surface area contributed by atoms with Crippen molar-refractivity contribution in [3.05, 3.63) is 95.2 Å². The molecule has 0 saturated heterocycles. The lowest BCUT2D eigenvalue weighted by Crippen LogP contribution is -2.32. The first kappa shape index (κ1) is 21.1. The van der Waals surface area contributed by atoms with Gasteiger partial charge in [-0.25, -0.2) is 4.90 Å². The van der Waals surface area contributed by atoms with Gasteiger partial charge in [-0.1, -0.05) is 48.0 Å². The van der Waals surface area contributed by atoms with E-state index in [0.717, 1.165) is 21.7 Å². The molecule has 6 nitrogen and oxygen atoms in total. The van der Waals surface area contributed by atoms with Crippen molar-refractivity contribution in [1.82, 2.24) is 0 Å². The molecule has 0 saturated carbocycles. The van der Waals surface area contributed by atoms with Crippen LogP contribution >= 0.6 is 0 Å². The Labute approximate surface area is 186 Å². The van der Waals surface area contributed by atoms with Crippen molar-refractivity contribution < 1.29 is 14.4 Å². The quantitative estimate of drug-likeness (QED) is 0.583. The number of hydrogen-bond acceptors (Lipinski definition) is 4. The lowest BCUT2D eigenvalue weighted by molar-refractivity contribution is -0.120. The molecule has 3 amide bonds. The minimum Gasteiger partial charge on any atom is -0.350 e. The summed E-state index contributed by atoms with van der Waals surface area (Å²) in [7, 11) is 0. The van der Waals surface area contributed by atoms with Crippen LogP contribution in [0.1, 0.15) is 23.6 Å². The maximum Gasteiger partial charge on any atom is 0.282 e. The van der Waals surface area contributed by atoms with Gasteiger partial charge in [0.25, 0.3) is 11.8 Å². The Morgan fingerprint density at radius 1 is 0.812 bits per heavy atom. The van der Waals surface area contributed by atoms with E-state index in [4.69, 9.17) is 0 Å². The number of imide groups is 1. The zero-order chi connectivity index (χ0) is 22.8. The van der Waals surface area contributed by atoms with Gasteiger partial charge >= 0.3 is 0 Å². The van der Waals surface area contributed by atoms with E-state index in [2.05, 4.69) is 10.6 Å². The summed E-state index contributed by atoms with van der Waals surface area (Å²) in [5.41, 5.74) is 5.03. The molecule has 0 atom stereocenters. The van der Waals surface area contributed by atoms with E-state index >= 15 is 0 Å². The Morgan fingerprint density at radius 3 is 2.09 bits per heavy atom. The fourth-order valence-electron chi connectivity index (χ4n) is 3.61. The summed E-state index contributed by atoms with van der Waals surface area (Å²) in [6, 6.07) is 21.7. The number of carbonyl (C=O) groups excluding carboxylic acids is 3. The molecule has 4 rings (SSSR count). The summed E-state index contributed by atoms with van der Waals surface area (Å²) in [6.45, 7) is 5.33. The number of hydrogen-bond donors (Lipinski definition) is 2. The molecule has 6 heteroatoms. The lowest BCUT2D eigenvalue weighted by Gasteiger charge is -2.16. The summed E-state index contributed by atoms with van der Waals surface area (Å²) in [4.78, 5) is 39.4. The van der Waals surface area contributed by atoms with Gasteiger partial charge in [-0.2, -0.15) is 0 Å². The zero-order valence-corrected chi connectivity index (χ0v) is 18.1. The predicted molar refractivity (Wildman–Crippen MR) is 126 cm³/mol. The molecule has 0 aromatic heterocycles. The van der Waals surface area contributed by atoms with Gasteiger partial charge in [0.2, 0.25) is 5.91 Å². The van der Waals surface area contributed by atoms with E-state index in [-0.39, 0.29) is 11.6 Å². The van der Waals surface area contributed by atoms with Gasteiger partial charge in [-0.15, -0.1) is 0 Å². The molecule has 1 heterocycles. The van der Waals surface area contributed by atoms with Gasteiger partial charge in [-0.05, 0) is 55.3 Å². The molecular formula is C26H23N3O3. The third kappa shape index (κ3) is 4.03. The molecule has 0 unspecified atom stereocenters. The number of benzene rings is 3. The van der Waals surface area contributed by atoms with Crippen molar-refractivity contribution in [2.75, 3.05) is 15.5 Å². The van der Waals surface area contributed by atoms with Crippen molar-refractivity contribution in [1.29, 1.82) is 0 Å². The lowest BCUT2D eigenvalue weighted by atomic mass is 10.0. The molecule has 1 aliphatic heterocycles. The highest BCUT2D eigenvalue weighted by molar-refractivity contribution is 6.46. The van der Waals surface area contributed by atoms with Crippen LogP contribution in [-0.4, -0.2) is 17.7 Å². The first-order valence-corrected chi connectivity index (χ1v) is 10.3. The van der Waals surface area contributed by atoms with Crippen molar-refractivity contribution >= 4 is 40.4 Å². The minimum absolute atomic E-state index is 0.195. The standard InChI is InChI=1S/C26H23N3O3/c1-16-8-10-19(11-9-16)23-24(28-22-7-5-4-6-17(22)2)26(32)29(25(23)31)21-14-12-20(13-15-21)27-18(3)30/h4-15,28H,1-3H3,(H,27,30). The number of aryl methyl sites for hydroxylation is 2. The summed E-state index contributed by atoms with van der Waals surface area (Å²) in [5, 5.41) is 5.88. The van der Waals surface area contributed by atoms with E-state index in [0.29, 0.717) is 22.5 Å². The molecule has 0 fully saturated rings. The highest BCUT2D eigenvalue weighted by atomic mass is 16.2. The first-order valence-electron chi connectivity index (χ1n) is 10.3. The van der Waals surface area contributed by atoms with E-state index in [9.17, 15) is 14.4 Å². The van der Waals surface area contributed by atoms with Crippen LogP contribution in [0.2, 0.25) is 0 Å². The van der Waals surface area contributed by atoms with Gasteiger partial charge in [0.1, 0.15) is 5.70 Å². The van der Waals surface area contributed by atoms with Gasteiger partial charge in [0.05, 0.1) is 11.3 Å². The molecule has 0 spiro atoms. The smallest absolute Gasteiger partial charge is 0.282 e. The average Bonchev–Trinajstić information content (AvgIpc) is 3.00. The van der Waals surface area contributed by atoms with E-state index < -0.39 is 11.8 Å². The van der Waals surface area contributed by atoms with Crippen molar-refractivity contribution in [2.24, 2.45) is 0 Å². The van der Waals surface area contributed by atoms with Crippen molar-refractivity contribution in [3.63, 3.8) is 0 Å². The molecule has 160 valence electrons. The van der Waals surface area contributed by atoms with Gasteiger partial charge in [-0.3, -0.25) is 14.4 Å². The van der Waals surface area contributed by atoms with Gasteiger partial charge < -0.3 is 10.6 Å². The van der Waals surface area contributed by atoms with Crippen LogP contribution in [0.4, 0.5) is 17.1 Å². The molecule has 0 radical (unpaired) electrons. The third-order valence-electron chi connectivity index (χ3n) is 5.27. The molecular weight excluding hydrogens is 402 g/mol. The Bertz CT molecular complexity index is 1240. The molecule has 0 bridgehead atoms. The van der Waals surface area contributed by atoms with Crippen LogP contribution in [0.3, 0.4) is 0 Å². The van der Waals surface area contributed by atoms with Crippen LogP contribution in [0.5, 0.6) is 0 Å². The van der Waals surface area contributed by atoms with E-state index in [1.807, 2.05) is 62.4 Å².